The quantitative estimate of drug-likeness (QED) is 0.161. The number of likely N-dealkylation sites (tertiary alicyclic amines) is 1. The highest BCUT2D eigenvalue weighted by molar-refractivity contribution is 14.1. The van der Waals surface area contributed by atoms with Crippen LogP contribution in [-0.2, 0) is 6.54 Å². The number of nitrogens with one attached hydrogen (secondary N) is 1. The molecule has 1 N–H and O–H groups in total. The van der Waals surface area contributed by atoms with E-state index in [1.807, 2.05) is 22.6 Å². The van der Waals surface area contributed by atoms with Crippen molar-refractivity contribution in [3.8, 4) is 0 Å². The van der Waals surface area contributed by atoms with Crippen LogP contribution >= 0.6 is 22.6 Å². The van der Waals surface area contributed by atoms with E-state index in [1.165, 1.54) is 34.9 Å². The van der Waals surface area contributed by atoms with Crippen molar-refractivity contribution >= 4 is 45.0 Å². The highest BCUT2D eigenvalue weighted by atomic mass is 127. The van der Waals surface area contributed by atoms with Crippen molar-refractivity contribution in [3.05, 3.63) is 82.6 Å². The number of Topliss-reactive ketones (excluding diaryl/α,β-unsaturated/α-hetero) is 1. The Kier molecular flexibility index (Phi) is 6.91. The third-order valence-corrected chi connectivity index (χ3v) is 6.79. The summed E-state index contributed by atoms with van der Waals surface area (Å²) in [4.78, 5) is 45.6. The minimum absolute atomic E-state index is 0.0200. The number of nitrogens with zero attached hydrogens (tertiary/aromatic N) is 5. The molecular formula is C22H20FIN6O3. The van der Waals surface area contributed by atoms with Gasteiger partial charge in [-0.05, 0) is 90.5 Å². The minimum atomic E-state index is -0.526. The summed E-state index contributed by atoms with van der Waals surface area (Å²) in [6.45, 7) is 2.06. The zero-order valence-corrected chi connectivity index (χ0v) is 19.7. The van der Waals surface area contributed by atoms with Gasteiger partial charge in [0.2, 0.25) is 0 Å². The molecule has 33 heavy (non-hydrogen) atoms. The monoisotopic (exact) mass is 562 g/mol. The average molecular weight is 562 g/mol. The summed E-state index contributed by atoms with van der Waals surface area (Å²) in [7, 11) is 0. The van der Waals surface area contributed by atoms with Gasteiger partial charge in [-0.1, -0.05) is 5.11 Å². The van der Waals surface area contributed by atoms with Crippen LogP contribution in [0.5, 0.6) is 0 Å². The molecule has 0 atom stereocenters. The Balaban J connectivity index is 1.43. The van der Waals surface area contributed by atoms with Crippen molar-refractivity contribution in [1.82, 2.24) is 14.5 Å². The molecule has 0 unspecified atom stereocenters. The lowest BCUT2D eigenvalue weighted by atomic mass is 9.89. The highest BCUT2D eigenvalue weighted by Gasteiger charge is 2.26. The number of hydrogen-bond donors (Lipinski definition) is 1. The van der Waals surface area contributed by atoms with Gasteiger partial charge in [-0.2, -0.15) is 0 Å². The number of benzene rings is 2. The second-order valence-corrected chi connectivity index (χ2v) is 9.07. The largest absolute Gasteiger partial charge is 0.328 e. The molecule has 170 valence electrons. The smallest absolute Gasteiger partial charge is 0.307 e. The van der Waals surface area contributed by atoms with Gasteiger partial charge in [0.1, 0.15) is 5.82 Å². The van der Waals surface area contributed by atoms with Gasteiger partial charge in [0.05, 0.1) is 16.6 Å². The summed E-state index contributed by atoms with van der Waals surface area (Å²) in [6, 6.07) is 8.70. The topological polar surface area (TPSA) is 124 Å². The number of carbonyl (C=O) groups is 1. The normalized spacial score (nSPS) is 14.8. The fourth-order valence-corrected chi connectivity index (χ4v) is 4.68. The lowest BCUT2D eigenvalue weighted by Gasteiger charge is -2.31. The Labute approximate surface area is 201 Å². The van der Waals surface area contributed by atoms with E-state index in [0.717, 1.165) is 0 Å². The van der Waals surface area contributed by atoms with Gasteiger partial charge >= 0.3 is 5.69 Å². The van der Waals surface area contributed by atoms with Gasteiger partial charge in [0.15, 0.2) is 5.78 Å². The summed E-state index contributed by atoms with van der Waals surface area (Å²) >= 11 is 1.98. The number of fused-ring (bicyclic) bond motifs is 1. The van der Waals surface area contributed by atoms with Crippen molar-refractivity contribution in [2.24, 2.45) is 11.0 Å². The van der Waals surface area contributed by atoms with Crippen molar-refractivity contribution in [2.75, 3.05) is 19.6 Å². The molecule has 2 aromatic carbocycles. The zero-order chi connectivity index (χ0) is 23.5. The summed E-state index contributed by atoms with van der Waals surface area (Å²) in [5.41, 5.74) is 8.91. The molecule has 1 saturated heterocycles. The first-order chi connectivity index (χ1) is 15.9. The van der Waals surface area contributed by atoms with E-state index in [-0.39, 0.29) is 24.1 Å². The van der Waals surface area contributed by atoms with Gasteiger partial charge in [0, 0.05) is 33.1 Å². The molecule has 0 bridgehead atoms. The van der Waals surface area contributed by atoms with Crippen LogP contribution in [-0.4, -0.2) is 39.9 Å². The molecule has 3 aromatic rings. The number of aromatic amines is 1. The second kappa shape index (κ2) is 9.86. The SMILES string of the molecule is [N-]=[N+]=Nc1cc2[nH]c(=O)n(CCN3CCC(C(=O)c4ccc(F)cc4)CC3)c(=O)c2cc1I. The zero-order valence-electron chi connectivity index (χ0n) is 17.5. The van der Waals surface area contributed by atoms with Crippen LogP contribution in [0.1, 0.15) is 23.2 Å². The van der Waals surface area contributed by atoms with Gasteiger partial charge in [-0.25, -0.2) is 9.18 Å². The molecule has 0 amide bonds. The molecular weight excluding hydrogens is 542 g/mol. The predicted molar refractivity (Wildman–Crippen MR) is 130 cm³/mol. The Morgan fingerprint density at radius 3 is 2.55 bits per heavy atom. The van der Waals surface area contributed by atoms with E-state index in [1.54, 1.807) is 6.07 Å². The number of rotatable bonds is 6. The number of H-pyrrole nitrogens is 1. The van der Waals surface area contributed by atoms with Crippen LogP contribution in [0.4, 0.5) is 10.1 Å². The maximum absolute atomic E-state index is 13.1. The molecule has 11 heteroatoms. The van der Waals surface area contributed by atoms with Crippen LogP contribution in [0.2, 0.25) is 0 Å². The van der Waals surface area contributed by atoms with Crippen molar-refractivity contribution in [3.63, 3.8) is 0 Å². The highest BCUT2D eigenvalue weighted by Crippen LogP contribution is 2.25. The number of piperidine rings is 1. The molecule has 1 fully saturated rings. The molecule has 1 aliphatic heterocycles. The lowest BCUT2D eigenvalue weighted by Crippen LogP contribution is -2.42. The number of azide groups is 1. The van der Waals surface area contributed by atoms with Crippen molar-refractivity contribution in [2.45, 2.75) is 19.4 Å². The molecule has 0 aliphatic carbocycles. The summed E-state index contributed by atoms with van der Waals surface area (Å²) in [6.07, 6.45) is 1.33. The number of carbonyl (C=O) groups excluding carboxylic acids is 1. The lowest BCUT2D eigenvalue weighted by molar-refractivity contribution is 0.0837. The number of hydrogen-bond acceptors (Lipinski definition) is 5. The van der Waals surface area contributed by atoms with E-state index in [9.17, 15) is 18.8 Å². The van der Waals surface area contributed by atoms with Gasteiger partial charge in [-0.15, -0.1) is 0 Å². The summed E-state index contributed by atoms with van der Waals surface area (Å²) < 4.78 is 14.9. The number of halogens is 2. The average Bonchev–Trinajstić information content (AvgIpc) is 2.81. The van der Waals surface area contributed by atoms with Crippen LogP contribution in [0, 0.1) is 15.3 Å². The first kappa shape index (κ1) is 23.1. The molecule has 0 spiro atoms. The molecule has 0 radical (unpaired) electrons. The third kappa shape index (κ3) is 5.00. The van der Waals surface area contributed by atoms with Crippen LogP contribution in [0.25, 0.3) is 21.3 Å². The van der Waals surface area contributed by atoms with E-state index in [2.05, 4.69) is 19.9 Å². The van der Waals surface area contributed by atoms with Crippen molar-refractivity contribution in [1.29, 1.82) is 0 Å². The fraction of sp³-hybridized carbons (Fsp3) is 0.318. The Morgan fingerprint density at radius 2 is 1.88 bits per heavy atom. The molecule has 4 rings (SSSR count). The summed E-state index contributed by atoms with van der Waals surface area (Å²) in [5.74, 6) is -0.469. The second-order valence-electron chi connectivity index (χ2n) is 7.91. The molecule has 0 saturated carbocycles. The molecule has 1 aromatic heterocycles. The minimum Gasteiger partial charge on any atom is -0.307 e. The van der Waals surface area contributed by atoms with Gasteiger partial charge in [-0.3, -0.25) is 14.2 Å². The maximum Gasteiger partial charge on any atom is 0.328 e. The van der Waals surface area contributed by atoms with E-state index in [4.69, 9.17) is 5.53 Å². The van der Waals surface area contributed by atoms with Crippen LogP contribution in [0.15, 0.2) is 51.1 Å². The molecule has 2 heterocycles. The fourth-order valence-electron chi connectivity index (χ4n) is 4.10. The third-order valence-electron chi connectivity index (χ3n) is 5.93. The number of aromatic nitrogens is 2. The molecule has 1 aliphatic rings. The Morgan fingerprint density at radius 1 is 1.18 bits per heavy atom. The Bertz CT molecular complexity index is 1370. The van der Waals surface area contributed by atoms with E-state index in [0.29, 0.717) is 58.2 Å². The maximum atomic E-state index is 13.1. The van der Waals surface area contributed by atoms with Gasteiger partial charge in [0.25, 0.3) is 5.56 Å². The number of ketones is 1. The van der Waals surface area contributed by atoms with Crippen LogP contribution < -0.4 is 11.2 Å². The van der Waals surface area contributed by atoms with Crippen LogP contribution in [0.3, 0.4) is 0 Å². The first-order valence-electron chi connectivity index (χ1n) is 10.4. The predicted octanol–water partition coefficient (Wildman–Crippen LogP) is 3.97. The molecule has 9 nitrogen and oxygen atoms in total. The first-order valence-corrected chi connectivity index (χ1v) is 11.5. The summed E-state index contributed by atoms with van der Waals surface area (Å²) in [5, 5.41) is 3.92. The van der Waals surface area contributed by atoms with Crippen molar-refractivity contribution < 1.29 is 9.18 Å². The van der Waals surface area contributed by atoms with E-state index >= 15 is 0 Å². The van der Waals surface area contributed by atoms with E-state index < -0.39 is 11.2 Å². The van der Waals surface area contributed by atoms with Gasteiger partial charge < -0.3 is 9.88 Å². The Hall–Kier alpha value is -3.02. The standard InChI is InChI=1S/C22H20FIN6O3/c23-15-3-1-13(2-4-15)20(31)14-5-7-29(8-6-14)9-10-30-21(32)16-11-17(24)19(27-28-25)12-18(16)26-22(30)33/h1-4,11-12,14H,5-10H2,(H,26,33).